The molecule has 2 rings (SSSR count). The lowest BCUT2D eigenvalue weighted by atomic mass is 10.2. The first kappa shape index (κ1) is 13.5. The Morgan fingerprint density at radius 2 is 2.32 bits per heavy atom. The number of amides is 1. The topological polar surface area (TPSA) is 96.7 Å². The molecule has 4 N–H and O–H groups in total. The second kappa shape index (κ2) is 5.40. The highest BCUT2D eigenvalue weighted by molar-refractivity contribution is 7.14. The zero-order valence-electron chi connectivity index (χ0n) is 11.2. The maximum Gasteiger partial charge on any atom is 0.280 e. The van der Waals surface area contributed by atoms with E-state index in [1.165, 1.54) is 11.3 Å². The van der Waals surface area contributed by atoms with Gasteiger partial charge in [0.05, 0.1) is 17.1 Å². The van der Waals surface area contributed by atoms with Crippen LogP contribution < -0.4 is 11.1 Å². The normalized spacial score (nSPS) is 10.9. The summed E-state index contributed by atoms with van der Waals surface area (Å²) >= 11 is 1.40. The van der Waals surface area contributed by atoms with Crippen molar-refractivity contribution in [3.05, 3.63) is 22.5 Å². The summed E-state index contributed by atoms with van der Waals surface area (Å²) in [5.41, 5.74) is 8.21. The van der Waals surface area contributed by atoms with Crippen LogP contribution in [0.3, 0.4) is 0 Å². The molecule has 0 aliphatic rings. The van der Waals surface area contributed by atoms with Crippen LogP contribution >= 0.6 is 11.3 Å². The number of carbonyl (C=O) groups is 1. The first-order valence-corrected chi connectivity index (χ1v) is 7.00. The van der Waals surface area contributed by atoms with Gasteiger partial charge in [-0.25, -0.2) is 4.98 Å². The molecule has 7 heteroatoms. The molecule has 2 heterocycles. The first-order valence-electron chi connectivity index (χ1n) is 6.12. The Morgan fingerprint density at radius 1 is 1.58 bits per heavy atom. The third-order valence-corrected chi connectivity index (χ3v) is 3.56. The predicted octanol–water partition coefficient (Wildman–Crippen LogP) is 2.39. The van der Waals surface area contributed by atoms with Gasteiger partial charge in [0.2, 0.25) is 0 Å². The number of thiazole rings is 1. The molecule has 0 aliphatic carbocycles. The second-order valence-electron chi connectivity index (χ2n) is 4.50. The number of nitrogen functional groups attached to an aromatic ring is 1. The average Bonchev–Trinajstić information content (AvgIpc) is 2.95. The van der Waals surface area contributed by atoms with Crippen molar-refractivity contribution in [3.8, 4) is 0 Å². The number of rotatable bonds is 4. The number of H-pyrrole nitrogens is 1. The van der Waals surface area contributed by atoms with Gasteiger partial charge in [-0.2, -0.15) is 5.10 Å². The molecule has 2 aromatic heterocycles. The van der Waals surface area contributed by atoms with Crippen LogP contribution in [0.4, 0.5) is 10.8 Å². The zero-order valence-corrected chi connectivity index (χ0v) is 12.0. The summed E-state index contributed by atoms with van der Waals surface area (Å²) in [4.78, 5) is 16.4. The number of carbonyl (C=O) groups excluding carboxylic acids is 1. The van der Waals surface area contributed by atoms with Crippen molar-refractivity contribution >= 4 is 28.1 Å². The van der Waals surface area contributed by atoms with E-state index in [0.29, 0.717) is 23.2 Å². The summed E-state index contributed by atoms with van der Waals surface area (Å²) in [6.45, 7) is 6.06. The number of nitrogens with zero attached hydrogens (tertiary/aromatic N) is 2. The van der Waals surface area contributed by atoms with Gasteiger partial charge in [-0.05, 0) is 12.3 Å². The minimum absolute atomic E-state index is 0.221. The molecule has 1 amide bonds. The molecule has 6 nitrogen and oxygen atoms in total. The molecule has 0 saturated carbocycles. The van der Waals surface area contributed by atoms with Crippen molar-refractivity contribution in [2.24, 2.45) is 0 Å². The molecule has 0 bridgehead atoms. The molecule has 0 aromatic carbocycles. The average molecular weight is 279 g/mol. The largest absolute Gasteiger partial charge is 0.395 e. The smallest absolute Gasteiger partial charge is 0.280 e. The molecule has 0 spiro atoms. The van der Waals surface area contributed by atoms with Crippen LogP contribution in [-0.2, 0) is 6.42 Å². The second-order valence-corrected chi connectivity index (χ2v) is 5.36. The quantitative estimate of drug-likeness (QED) is 0.800. The van der Waals surface area contributed by atoms with Crippen LogP contribution in [0.1, 0.15) is 48.6 Å². The number of nitrogens with one attached hydrogen (secondary N) is 2. The van der Waals surface area contributed by atoms with Crippen LogP contribution in [0.15, 0.2) is 5.38 Å². The lowest BCUT2D eigenvalue weighted by Gasteiger charge is -2.00. The van der Waals surface area contributed by atoms with Crippen LogP contribution in [0.25, 0.3) is 0 Å². The number of hydrogen-bond donors (Lipinski definition) is 3. The van der Waals surface area contributed by atoms with E-state index < -0.39 is 0 Å². The molecular weight excluding hydrogens is 262 g/mol. The Balaban J connectivity index is 2.13. The highest BCUT2D eigenvalue weighted by Gasteiger charge is 2.17. The summed E-state index contributed by atoms with van der Waals surface area (Å²) in [6, 6.07) is 0. The van der Waals surface area contributed by atoms with E-state index in [9.17, 15) is 4.79 Å². The van der Waals surface area contributed by atoms with Crippen LogP contribution in [0, 0.1) is 0 Å². The predicted molar refractivity (Wildman–Crippen MR) is 76.5 cm³/mol. The lowest BCUT2D eigenvalue weighted by molar-refractivity contribution is 0.102. The fraction of sp³-hybridized carbons (Fsp3) is 0.417. The van der Waals surface area contributed by atoms with Gasteiger partial charge in [0.15, 0.2) is 10.8 Å². The van der Waals surface area contributed by atoms with E-state index in [0.717, 1.165) is 11.4 Å². The summed E-state index contributed by atoms with van der Waals surface area (Å²) in [7, 11) is 0. The van der Waals surface area contributed by atoms with Crippen LogP contribution in [0.5, 0.6) is 0 Å². The minimum Gasteiger partial charge on any atom is -0.395 e. The van der Waals surface area contributed by atoms with E-state index in [2.05, 4.69) is 34.3 Å². The van der Waals surface area contributed by atoms with Gasteiger partial charge >= 0.3 is 0 Å². The van der Waals surface area contributed by atoms with E-state index in [1.807, 2.05) is 12.3 Å². The summed E-state index contributed by atoms with van der Waals surface area (Å²) in [5, 5.41) is 11.9. The minimum atomic E-state index is -0.335. The number of anilines is 2. The van der Waals surface area contributed by atoms with Crippen molar-refractivity contribution in [2.75, 3.05) is 11.1 Å². The summed E-state index contributed by atoms with van der Waals surface area (Å²) < 4.78 is 0. The van der Waals surface area contributed by atoms with Gasteiger partial charge in [-0.3, -0.25) is 15.2 Å². The monoisotopic (exact) mass is 279 g/mol. The van der Waals surface area contributed by atoms with Gasteiger partial charge in [-0.1, -0.05) is 20.8 Å². The Hall–Kier alpha value is -1.89. The molecular formula is C12H17N5OS. The Bertz CT molecular complexity index is 587. The highest BCUT2D eigenvalue weighted by atomic mass is 32.1. The van der Waals surface area contributed by atoms with Gasteiger partial charge in [-0.15, -0.1) is 11.3 Å². The SMILES string of the molecule is CCc1[nH]nc(C(=O)Nc2nc(C(C)C)cs2)c1N. The molecule has 0 saturated heterocycles. The van der Waals surface area contributed by atoms with Crippen LogP contribution in [0.2, 0.25) is 0 Å². The molecule has 0 radical (unpaired) electrons. The van der Waals surface area contributed by atoms with Crippen LogP contribution in [-0.4, -0.2) is 21.1 Å². The Morgan fingerprint density at radius 3 is 2.84 bits per heavy atom. The molecule has 19 heavy (non-hydrogen) atoms. The zero-order chi connectivity index (χ0) is 14.0. The Labute approximate surface area is 115 Å². The molecule has 0 atom stereocenters. The number of aromatic nitrogens is 3. The summed E-state index contributed by atoms with van der Waals surface area (Å²) in [6.07, 6.45) is 0.709. The van der Waals surface area contributed by atoms with Crippen molar-refractivity contribution < 1.29 is 4.79 Å². The third-order valence-electron chi connectivity index (χ3n) is 2.79. The van der Waals surface area contributed by atoms with Crippen molar-refractivity contribution in [1.82, 2.24) is 15.2 Å². The van der Waals surface area contributed by atoms with E-state index in [-0.39, 0.29) is 11.6 Å². The van der Waals surface area contributed by atoms with Gasteiger partial charge in [0.1, 0.15) is 0 Å². The maximum atomic E-state index is 12.0. The summed E-state index contributed by atoms with van der Waals surface area (Å²) in [5.74, 6) is 0.00200. The molecule has 0 unspecified atom stereocenters. The molecule has 102 valence electrons. The third kappa shape index (κ3) is 2.76. The lowest BCUT2D eigenvalue weighted by Crippen LogP contribution is -2.14. The van der Waals surface area contributed by atoms with Crippen molar-refractivity contribution in [2.45, 2.75) is 33.1 Å². The van der Waals surface area contributed by atoms with E-state index in [1.54, 1.807) is 0 Å². The molecule has 0 aliphatic heterocycles. The fourth-order valence-electron chi connectivity index (χ4n) is 1.59. The van der Waals surface area contributed by atoms with E-state index >= 15 is 0 Å². The Kier molecular flexibility index (Phi) is 3.84. The first-order chi connectivity index (χ1) is 9.02. The molecule has 2 aromatic rings. The number of aromatic amines is 1. The molecule has 0 fully saturated rings. The van der Waals surface area contributed by atoms with Gasteiger partial charge in [0.25, 0.3) is 5.91 Å². The fourth-order valence-corrected chi connectivity index (χ4v) is 2.46. The number of hydrogen-bond acceptors (Lipinski definition) is 5. The van der Waals surface area contributed by atoms with Gasteiger partial charge in [0, 0.05) is 5.38 Å². The van der Waals surface area contributed by atoms with Crippen molar-refractivity contribution in [1.29, 1.82) is 0 Å². The van der Waals surface area contributed by atoms with Crippen molar-refractivity contribution in [3.63, 3.8) is 0 Å². The highest BCUT2D eigenvalue weighted by Crippen LogP contribution is 2.22. The number of aryl methyl sites for hydroxylation is 1. The van der Waals surface area contributed by atoms with E-state index in [4.69, 9.17) is 5.73 Å². The number of nitrogens with two attached hydrogens (primary N) is 1. The standard InChI is InChI=1S/C12H17N5OS/c1-4-7-9(13)10(17-16-7)11(18)15-12-14-8(5-19-12)6(2)3/h5-6H,4,13H2,1-3H3,(H,16,17)(H,14,15,18). The van der Waals surface area contributed by atoms with Gasteiger partial charge < -0.3 is 5.73 Å². The maximum absolute atomic E-state index is 12.0.